The summed E-state index contributed by atoms with van der Waals surface area (Å²) in [7, 11) is 2.87. The van der Waals surface area contributed by atoms with Crippen LogP contribution >= 0.6 is 0 Å². The highest BCUT2D eigenvalue weighted by Crippen LogP contribution is 2.32. The monoisotopic (exact) mass is 318 g/mol. The number of ether oxygens (including phenoxy) is 2. The molecule has 0 radical (unpaired) electrons. The average molecular weight is 318 g/mol. The number of nitrogens with one attached hydrogen (secondary N) is 1. The molecule has 0 fully saturated rings. The van der Waals surface area contributed by atoms with E-state index >= 15 is 0 Å². The van der Waals surface area contributed by atoms with E-state index in [1.807, 2.05) is 26.8 Å². The van der Waals surface area contributed by atoms with Crippen molar-refractivity contribution in [2.24, 2.45) is 0 Å². The van der Waals surface area contributed by atoms with Crippen molar-refractivity contribution >= 4 is 23.8 Å². The Kier molecular flexibility index (Phi) is 4.63. The number of nitrogens with zero attached hydrogens (tertiary/aromatic N) is 1. The number of methoxy groups -OCH3 is 2. The quantitative estimate of drug-likeness (QED) is 0.910. The van der Waals surface area contributed by atoms with Gasteiger partial charge in [-0.3, -0.25) is 9.69 Å². The fourth-order valence-corrected chi connectivity index (χ4v) is 2.40. The molecule has 1 aliphatic heterocycles. The van der Waals surface area contributed by atoms with E-state index in [1.54, 1.807) is 31.4 Å². The lowest BCUT2D eigenvalue weighted by molar-refractivity contribution is -0.122. The van der Waals surface area contributed by atoms with Crippen LogP contribution in [0.4, 0.5) is 10.5 Å². The van der Waals surface area contributed by atoms with Gasteiger partial charge in [-0.1, -0.05) is 12.2 Å². The van der Waals surface area contributed by atoms with Crippen molar-refractivity contribution in [3.05, 3.63) is 29.8 Å². The average Bonchev–Trinajstić information content (AvgIpc) is 2.50. The number of hydrogen-bond donors (Lipinski definition) is 1. The number of anilines is 1. The Bertz CT molecular complexity index is 646. The minimum atomic E-state index is -0.762. The number of hydrogen-bond acceptors (Lipinski definition) is 4. The van der Waals surface area contributed by atoms with E-state index in [4.69, 9.17) is 9.47 Å². The summed E-state index contributed by atoms with van der Waals surface area (Å²) in [6, 6.07) is 4.53. The lowest BCUT2D eigenvalue weighted by Gasteiger charge is -2.33. The molecular weight excluding hydrogens is 296 g/mol. The molecule has 0 saturated heterocycles. The minimum absolute atomic E-state index is 0.263. The molecular formula is C17H22N2O4. The van der Waals surface area contributed by atoms with Gasteiger partial charge in [-0.2, -0.15) is 0 Å². The summed E-state index contributed by atoms with van der Waals surface area (Å²) < 4.78 is 10.1. The van der Waals surface area contributed by atoms with Gasteiger partial charge in [-0.25, -0.2) is 4.79 Å². The van der Waals surface area contributed by atoms with Crippen LogP contribution in [0.25, 0.3) is 6.08 Å². The third-order valence-electron chi connectivity index (χ3n) is 3.37. The minimum Gasteiger partial charge on any atom is -0.497 e. The molecule has 23 heavy (non-hydrogen) atoms. The lowest BCUT2D eigenvalue weighted by Crippen LogP contribution is -2.54. The SMILES string of the molecule is COC(=O)N1c2ccc(OC)cc2C=CC1C(=O)NC(C)(C)C. The lowest BCUT2D eigenvalue weighted by atomic mass is 10.0. The van der Waals surface area contributed by atoms with Crippen LogP contribution in [-0.4, -0.2) is 37.8 Å². The predicted molar refractivity (Wildman–Crippen MR) is 88.6 cm³/mol. The maximum atomic E-state index is 12.5. The summed E-state index contributed by atoms with van der Waals surface area (Å²) in [5, 5.41) is 2.89. The van der Waals surface area contributed by atoms with E-state index in [-0.39, 0.29) is 5.91 Å². The highest BCUT2D eigenvalue weighted by atomic mass is 16.5. The van der Waals surface area contributed by atoms with E-state index < -0.39 is 17.7 Å². The van der Waals surface area contributed by atoms with Crippen LogP contribution in [0.3, 0.4) is 0 Å². The highest BCUT2D eigenvalue weighted by Gasteiger charge is 2.35. The second kappa shape index (κ2) is 6.32. The molecule has 2 rings (SSSR count). The Labute approximate surface area is 136 Å². The summed E-state index contributed by atoms with van der Waals surface area (Å²) in [5.41, 5.74) is 0.996. The molecule has 6 nitrogen and oxygen atoms in total. The Morgan fingerprint density at radius 2 is 1.91 bits per heavy atom. The van der Waals surface area contributed by atoms with Crippen molar-refractivity contribution in [3.63, 3.8) is 0 Å². The van der Waals surface area contributed by atoms with Gasteiger partial charge in [0.25, 0.3) is 0 Å². The number of benzene rings is 1. The molecule has 1 aromatic rings. The molecule has 1 N–H and O–H groups in total. The summed E-state index contributed by atoms with van der Waals surface area (Å²) in [4.78, 5) is 26.1. The van der Waals surface area contributed by atoms with Gasteiger partial charge in [0, 0.05) is 11.1 Å². The van der Waals surface area contributed by atoms with Gasteiger partial charge in [0.1, 0.15) is 11.8 Å². The predicted octanol–water partition coefficient (Wildman–Crippen LogP) is 2.58. The van der Waals surface area contributed by atoms with E-state index in [1.165, 1.54) is 12.0 Å². The van der Waals surface area contributed by atoms with Crippen molar-refractivity contribution < 1.29 is 19.1 Å². The van der Waals surface area contributed by atoms with Crippen LogP contribution in [0.15, 0.2) is 24.3 Å². The normalized spacial score (nSPS) is 16.6. The molecule has 0 aliphatic carbocycles. The molecule has 124 valence electrons. The Balaban J connectivity index is 2.42. The molecule has 2 amide bonds. The Hall–Kier alpha value is -2.50. The standard InChI is InChI=1S/C17H22N2O4/c1-17(2,3)18-15(20)14-8-6-11-10-12(22-4)7-9-13(11)19(14)16(21)23-5/h6-10,14H,1-5H3,(H,18,20). The molecule has 1 atom stereocenters. The first-order valence-electron chi connectivity index (χ1n) is 7.32. The van der Waals surface area contributed by atoms with Crippen LogP contribution in [0.1, 0.15) is 26.3 Å². The fourth-order valence-electron chi connectivity index (χ4n) is 2.40. The van der Waals surface area contributed by atoms with Crippen LogP contribution in [-0.2, 0) is 9.53 Å². The summed E-state index contributed by atoms with van der Waals surface area (Å²) in [6.07, 6.45) is 2.90. The Morgan fingerprint density at radius 1 is 1.22 bits per heavy atom. The van der Waals surface area contributed by atoms with Gasteiger partial charge in [0.2, 0.25) is 5.91 Å². The molecule has 1 unspecified atom stereocenters. The molecule has 0 spiro atoms. The zero-order valence-electron chi connectivity index (χ0n) is 14.0. The molecule has 0 aromatic heterocycles. The van der Waals surface area contributed by atoms with Gasteiger partial charge < -0.3 is 14.8 Å². The highest BCUT2D eigenvalue weighted by molar-refractivity contribution is 6.02. The summed E-state index contributed by atoms with van der Waals surface area (Å²) in [6.45, 7) is 5.66. The molecule has 0 saturated carbocycles. The maximum Gasteiger partial charge on any atom is 0.415 e. The van der Waals surface area contributed by atoms with Gasteiger partial charge in [-0.15, -0.1) is 0 Å². The van der Waals surface area contributed by atoms with E-state index in [0.29, 0.717) is 11.4 Å². The topological polar surface area (TPSA) is 67.9 Å². The van der Waals surface area contributed by atoms with E-state index in [2.05, 4.69) is 5.32 Å². The van der Waals surface area contributed by atoms with Crippen LogP contribution in [0.2, 0.25) is 0 Å². The van der Waals surface area contributed by atoms with Crippen molar-refractivity contribution in [3.8, 4) is 5.75 Å². The van der Waals surface area contributed by atoms with Gasteiger partial charge in [0.15, 0.2) is 0 Å². The Morgan fingerprint density at radius 3 is 2.48 bits per heavy atom. The van der Waals surface area contributed by atoms with Gasteiger partial charge in [-0.05, 0) is 39.0 Å². The second-order valence-electron chi connectivity index (χ2n) is 6.31. The zero-order chi connectivity index (χ0) is 17.2. The molecule has 1 heterocycles. The van der Waals surface area contributed by atoms with Crippen LogP contribution < -0.4 is 15.0 Å². The van der Waals surface area contributed by atoms with Crippen molar-refractivity contribution in [1.82, 2.24) is 5.32 Å². The number of amides is 2. The summed E-state index contributed by atoms with van der Waals surface area (Å²) in [5.74, 6) is 0.413. The van der Waals surface area contributed by atoms with E-state index in [0.717, 1.165) is 5.56 Å². The first-order chi connectivity index (χ1) is 10.8. The molecule has 1 aliphatic rings. The summed E-state index contributed by atoms with van der Waals surface area (Å²) >= 11 is 0. The van der Waals surface area contributed by atoms with Gasteiger partial charge in [0.05, 0.1) is 19.9 Å². The van der Waals surface area contributed by atoms with Crippen molar-refractivity contribution in [1.29, 1.82) is 0 Å². The van der Waals surface area contributed by atoms with Crippen molar-refractivity contribution in [2.75, 3.05) is 19.1 Å². The smallest absolute Gasteiger partial charge is 0.415 e. The molecule has 0 bridgehead atoms. The largest absolute Gasteiger partial charge is 0.497 e. The van der Waals surface area contributed by atoms with Gasteiger partial charge >= 0.3 is 6.09 Å². The third kappa shape index (κ3) is 3.64. The maximum absolute atomic E-state index is 12.5. The molecule has 6 heteroatoms. The number of rotatable bonds is 2. The number of carbonyl (C=O) groups is 2. The zero-order valence-corrected chi connectivity index (χ0v) is 14.0. The van der Waals surface area contributed by atoms with Crippen LogP contribution in [0, 0.1) is 0 Å². The number of fused-ring (bicyclic) bond motifs is 1. The first-order valence-corrected chi connectivity index (χ1v) is 7.32. The van der Waals surface area contributed by atoms with E-state index in [9.17, 15) is 9.59 Å². The second-order valence-corrected chi connectivity index (χ2v) is 6.31. The van der Waals surface area contributed by atoms with Crippen LogP contribution in [0.5, 0.6) is 5.75 Å². The van der Waals surface area contributed by atoms with Crippen molar-refractivity contribution in [2.45, 2.75) is 32.4 Å². The first kappa shape index (κ1) is 16.9. The number of carbonyl (C=O) groups excluding carboxylic acids is 2. The molecule has 1 aromatic carbocycles. The fraction of sp³-hybridized carbons (Fsp3) is 0.412. The third-order valence-corrected chi connectivity index (χ3v) is 3.37.